The summed E-state index contributed by atoms with van der Waals surface area (Å²) in [5, 5.41) is 0. The predicted octanol–water partition coefficient (Wildman–Crippen LogP) is 3.49. The van der Waals surface area contributed by atoms with Crippen LogP contribution in [0.15, 0.2) is 28.8 Å². The molecule has 0 aliphatic carbocycles. The molecule has 0 aromatic heterocycles. The Balaban J connectivity index is 3.31. The maximum absolute atomic E-state index is 13.0. The van der Waals surface area contributed by atoms with Crippen molar-refractivity contribution in [3.05, 3.63) is 46.0 Å². The summed E-state index contributed by atoms with van der Waals surface area (Å²) in [5.74, 6) is -2.46. The summed E-state index contributed by atoms with van der Waals surface area (Å²) in [6.07, 6.45) is 0. The fourth-order valence-corrected chi connectivity index (χ4v) is 1.43. The van der Waals surface area contributed by atoms with Crippen molar-refractivity contribution >= 4 is 21.7 Å². The van der Waals surface area contributed by atoms with Crippen molar-refractivity contribution in [3.63, 3.8) is 0 Å². The molecule has 0 saturated heterocycles. The van der Waals surface area contributed by atoms with Crippen LogP contribution in [0.3, 0.4) is 0 Å². The second kappa shape index (κ2) is 4.00. The van der Waals surface area contributed by atoms with Gasteiger partial charge >= 0.3 is 0 Å². The number of ketones is 1. The highest BCUT2D eigenvalue weighted by Gasteiger charge is 2.16. The van der Waals surface area contributed by atoms with E-state index in [1.165, 1.54) is 13.0 Å². The van der Waals surface area contributed by atoms with Crippen molar-refractivity contribution in [2.45, 2.75) is 6.92 Å². The van der Waals surface area contributed by atoms with Gasteiger partial charge in [0.05, 0.1) is 4.47 Å². The Hall–Kier alpha value is -1.03. The third kappa shape index (κ3) is 1.90. The van der Waals surface area contributed by atoms with Gasteiger partial charge in [-0.1, -0.05) is 6.58 Å². The van der Waals surface area contributed by atoms with E-state index in [-0.39, 0.29) is 15.6 Å². The summed E-state index contributed by atoms with van der Waals surface area (Å²) in [7, 11) is 0. The molecule has 0 spiro atoms. The summed E-state index contributed by atoms with van der Waals surface area (Å²) in [6.45, 7) is 4.95. The van der Waals surface area contributed by atoms with Gasteiger partial charge in [-0.15, -0.1) is 0 Å². The second-order valence-corrected chi connectivity index (χ2v) is 3.63. The number of allylic oxidation sites excluding steroid dienone is 1. The van der Waals surface area contributed by atoms with Crippen LogP contribution in [0.25, 0.3) is 0 Å². The molecule has 1 rings (SSSR count). The summed E-state index contributed by atoms with van der Waals surface area (Å²) in [5.41, 5.74) is 0.355. The third-order valence-electron chi connectivity index (χ3n) is 1.67. The molecule has 0 atom stereocenters. The van der Waals surface area contributed by atoms with E-state index >= 15 is 0 Å². The molecule has 14 heavy (non-hydrogen) atoms. The number of halogens is 3. The maximum Gasteiger partial charge on any atom is 0.189 e. The van der Waals surface area contributed by atoms with Crippen LogP contribution >= 0.6 is 15.9 Å². The molecule has 74 valence electrons. The SMILES string of the molecule is C=C(C)C(=O)c1ccc(F)c(F)c1Br. The first-order chi connectivity index (χ1) is 6.45. The molecule has 0 amide bonds. The highest BCUT2D eigenvalue weighted by atomic mass is 79.9. The van der Waals surface area contributed by atoms with Gasteiger partial charge < -0.3 is 0 Å². The lowest BCUT2D eigenvalue weighted by Gasteiger charge is -2.04. The van der Waals surface area contributed by atoms with Crippen LogP contribution in [0.2, 0.25) is 0 Å². The van der Waals surface area contributed by atoms with E-state index in [9.17, 15) is 13.6 Å². The quantitative estimate of drug-likeness (QED) is 0.452. The van der Waals surface area contributed by atoms with Crippen LogP contribution in [0.5, 0.6) is 0 Å². The number of benzene rings is 1. The monoisotopic (exact) mass is 260 g/mol. The Labute approximate surface area is 88.6 Å². The molecule has 1 aromatic carbocycles. The Kier molecular flexibility index (Phi) is 3.16. The number of carbonyl (C=O) groups is 1. The van der Waals surface area contributed by atoms with Crippen LogP contribution in [0.1, 0.15) is 17.3 Å². The fourth-order valence-electron chi connectivity index (χ4n) is 0.931. The summed E-state index contributed by atoms with van der Waals surface area (Å²) < 4.78 is 25.5. The molecule has 4 heteroatoms. The number of rotatable bonds is 2. The first-order valence-electron chi connectivity index (χ1n) is 3.79. The van der Waals surface area contributed by atoms with E-state index in [1.54, 1.807) is 0 Å². The topological polar surface area (TPSA) is 17.1 Å². The van der Waals surface area contributed by atoms with E-state index < -0.39 is 17.4 Å². The Bertz CT molecular complexity index is 413. The van der Waals surface area contributed by atoms with Crippen LogP contribution in [0, 0.1) is 11.6 Å². The lowest BCUT2D eigenvalue weighted by molar-refractivity contribution is 0.103. The molecular weight excluding hydrogens is 254 g/mol. The first kappa shape index (κ1) is 11.0. The molecule has 0 saturated carbocycles. The summed E-state index contributed by atoms with van der Waals surface area (Å²) >= 11 is 2.82. The molecular formula is C10H7BrF2O. The molecule has 0 fully saturated rings. The Morgan fingerprint density at radius 1 is 1.43 bits per heavy atom. The van der Waals surface area contributed by atoms with Gasteiger partial charge in [-0.2, -0.15) is 0 Å². The molecule has 0 radical (unpaired) electrons. The zero-order valence-electron chi connectivity index (χ0n) is 7.40. The van der Waals surface area contributed by atoms with E-state index in [4.69, 9.17) is 0 Å². The number of Topliss-reactive ketones (excluding diaryl/α,β-unsaturated/α-hetero) is 1. The molecule has 0 heterocycles. The Morgan fingerprint density at radius 3 is 2.50 bits per heavy atom. The molecule has 0 unspecified atom stereocenters. The van der Waals surface area contributed by atoms with Gasteiger partial charge in [-0.05, 0) is 40.6 Å². The average molecular weight is 261 g/mol. The van der Waals surface area contributed by atoms with Crippen LogP contribution < -0.4 is 0 Å². The number of hydrogen-bond donors (Lipinski definition) is 0. The van der Waals surface area contributed by atoms with Crippen LogP contribution in [-0.4, -0.2) is 5.78 Å². The minimum atomic E-state index is -1.06. The largest absolute Gasteiger partial charge is 0.289 e. The van der Waals surface area contributed by atoms with Crippen molar-refractivity contribution in [2.24, 2.45) is 0 Å². The highest BCUT2D eigenvalue weighted by molar-refractivity contribution is 9.10. The van der Waals surface area contributed by atoms with E-state index in [2.05, 4.69) is 22.5 Å². The molecule has 0 aliphatic heterocycles. The van der Waals surface area contributed by atoms with E-state index in [1.807, 2.05) is 0 Å². The first-order valence-corrected chi connectivity index (χ1v) is 4.58. The zero-order valence-corrected chi connectivity index (χ0v) is 8.99. The van der Waals surface area contributed by atoms with Gasteiger partial charge in [0.2, 0.25) is 0 Å². The fraction of sp³-hybridized carbons (Fsp3) is 0.100. The lowest BCUT2D eigenvalue weighted by atomic mass is 10.1. The zero-order chi connectivity index (χ0) is 10.9. The second-order valence-electron chi connectivity index (χ2n) is 2.83. The number of hydrogen-bond acceptors (Lipinski definition) is 1. The van der Waals surface area contributed by atoms with Crippen molar-refractivity contribution in [2.75, 3.05) is 0 Å². The van der Waals surface area contributed by atoms with Crippen molar-refractivity contribution in [1.82, 2.24) is 0 Å². The van der Waals surface area contributed by atoms with Crippen molar-refractivity contribution < 1.29 is 13.6 Å². The minimum Gasteiger partial charge on any atom is -0.289 e. The highest BCUT2D eigenvalue weighted by Crippen LogP contribution is 2.24. The lowest BCUT2D eigenvalue weighted by Crippen LogP contribution is -2.03. The van der Waals surface area contributed by atoms with E-state index in [0.717, 1.165) is 6.07 Å². The standard InChI is InChI=1S/C10H7BrF2O/c1-5(2)10(14)6-3-4-7(12)9(13)8(6)11/h3-4H,1H2,2H3. The molecule has 0 bridgehead atoms. The van der Waals surface area contributed by atoms with Gasteiger partial charge in [0.1, 0.15) is 0 Å². The molecule has 0 aliphatic rings. The van der Waals surface area contributed by atoms with Gasteiger partial charge in [-0.25, -0.2) is 8.78 Å². The third-order valence-corrected chi connectivity index (χ3v) is 2.44. The average Bonchev–Trinajstić information content (AvgIpc) is 2.13. The normalized spacial score (nSPS) is 10.0. The van der Waals surface area contributed by atoms with E-state index in [0.29, 0.717) is 0 Å². The van der Waals surface area contributed by atoms with Crippen LogP contribution in [0.4, 0.5) is 8.78 Å². The summed E-state index contributed by atoms with van der Waals surface area (Å²) in [4.78, 5) is 11.4. The van der Waals surface area contributed by atoms with Crippen molar-refractivity contribution in [1.29, 1.82) is 0 Å². The van der Waals surface area contributed by atoms with Crippen molar-refractivity contribution in [3.8, 4) is 0 Å². The Morgan fingerprint density at radius 2 is 2.00 bits per heavy atom. The van der Waals surface area contributed by atoms with Crippen LogP contribution in [-0.2, 0) is 0 Å². The predicted molar refractivity (Wildman–Crippen MR) is 53.2 cm³/mol. The van der Waals surface area contributed by atoms with Gasteiger partial charge in [0, 0.05) is 5.56 Å². The number of carbonyl (C=O) groups excluding carboxylic acids is 1. The molecule has 1 aromatic rings. The van der Waals surface area contributed by atoms with Gasteiger partial charge in [0.25, 0.3) is 0 Å². The molecule has 1 nitrogen and oxygen atoms in total. The van der Waals surface area contributed by atoms with Gasteiger partial charge in [-0.3, -0.25) is 4.79 Å². The maximum atomic E-state index is 13.0. The van der Waals surface area contributed by atoms with Gasteiger partial charge in [0.15, 0.2) is 17.4 Å². The smallest absolute Gasteiger partial charge is 0.189 e. The molecule has 0 N–H and O–H groups in total. The summed E-state index contributed by atoms with van der Waals surface area (Å²) in [6, 6.07) is 2.13. The minimum absolute atomic E-state index is 0.0800.